The van der Waals surface area contributed by atoms with E-state index in [0.717, 1.165) is 30.7 Å². The molecule has 2 aromatic heterocycles. The molecule has 0 aliphatic carbocycles. The number of para-hydroxylation sites is 1. The van der Waals surface area contributed by atoms with Crippen LogP contribution in [0.4, 0.5) is 4.79 Å². The van der Waals surface area contributed by atoms with Crippen LogP contribution >= 0.6 is 12.4 Å². The van der Waals surface area contributed by atoms with Crippen molar-refractivity contribution < 1.29 is 14.3 Å². The number of nitrogens with one attached hydrogen (secondary N) is 1. The molecular formula is C19H24ClN5O3. The lowest BCUT2D eigenvalue weighted by atomic mass is 10.2. The van der Waals surface area contributed by atoms with Gasteiger partial charge in [0.15, 0.2) is 5.75 Å². The highest BCUT2D eigenvalue weighted by molar-refractivity contribution is 5.87. The van der Waals surface area contributed by atoms with Crippen molar-refractivity contribution in [3.05, 3.63) is 36.5 Å². The maximum absolute atomic E-state index is 11.1. The quantitative estimate of drug-likeness (QED) is 0.595. The van der Waals surface area contributed by atoms with Crippen molar-refractivity contribution in [3.8, 4) is 23.0 Å². The summed E-state index contributed by atoms with van der Waals surface area (Å²) in [4.78, 5) is 25.5. The number of pyridine rings is 1. The third-order valence-electron chi connectivity index (χ3n) is 4.25. The Balaban J connectivity index is 0.00000280. The lowest BCUT2D eigenvalue weighted by molar-refractivity contribution is 0.211. The minimum Gasteiger partial charge on any atom is -0.476 e. The largest absolute Gasteiger partial charge is 0.476 e. The van der Waals surface area contributed by atoms with Gasteiger partial charge in [-0.15, -0.1) is 12.4 Å². The number of H-pyrrole nitrogens is 1. The summed E-state index contributed by atoms with van der Waals surface area (Å²) in [5.74, 6) is 1.38. The Morgan fingerprint density at radius 3 is 2.71 bits per heavy atom. The van der Waals surface area contributed by atoms with Gasteiger partial charge in [0.05, 0.1) is 11.1 Å². The number of aromatic amines is 1. The molecule has 8 nitrogen and oxygen atoms in total. The molecule has 1 aromatic carbocycles. The van der Waals surface area contributed by atoms with E-state index in [0.29, 0.717) is 29.6 Å². The Labute approximate surface area is 169 Å². The van der Waals surface area contributed by atoms with Gasteiger partial charge in [-0.1, -0.05) is 19.9 Å². The molecule has 0 radical (unpaired) electrons. The summed E-state index contributed by atoms with van der Waals surface area (Å²) in [7, 11) is 0. The van der Waals surface area contributed by atoms with E-state index in [4.69, 9.17) is 15.2 Å². The van der Waals surface area contributed by atoms with E-state index in [9.17, 15) is 4.79 Å². The van der Waals surface area contributed by atoms with Gasteiger partial charge in [-0.3, -0.25) is 0 Å². The van der Waals surface area contributed by atoms with Gasteiger partial charge in [0.2, 0.25) is 5.88 Å². The van der Waals surface area contributed by atoms with Crippen LogP contribution in [0.2, 0.25) is 0 Å². The van der Waals surface area contributed by atoms with Crippen LogP contribution in [0, 0.1) is 0 Å². The highest BCUT2D eigenvalue weighted by Crippen LogP contribution is 2.30. The Kier molecular flexibility index (Phi) is 7.60. The molecule has 0 saturated heterocycles. The number of imidazole rings is 1. The smallest absolute Gasteiger partial charge is 0.410 e. The van der Waals surface area contributed by atoms with Crippen LogP contribution in [-0.4, -0.2) is 52.2 Å². The average Bonchev–Trinajstić information content (AvgIpc) is 3.10. The van der Waals surface area contributed by atoms with Crippen LogP contribution in [0.15, 0.2) is 36.5 Å². The Morgan fingerprint density at radius 2 is 2.00 bits per heavy atom. The van der Waals surface area contributed by atoms with Crippen LogP contribution < -0.4 is 15.2 Å². The Bertz CT molecular complexity index is 927. The molecule has 150 valence electrons. The number of nitrogens with two attached hydrogens (primary N) is 1. The topological polar surface area (TPSA) is 106 Å². The monoisotopic (exact) mass is 405 g/mol. The highest BCUT2D eigenvalue weighted by atomic mass is 35.5. The van der Waals surface area contributed by atoms with E-state index < -0.39 is 6.09 Å². The molecule has 3 rings (SSSR count). The van der Waals surface area contributed by atoms with Crippen molar-refractivity contribution in [2.24, 2.45) is 5.73 Å². The number of hydrogen-bond donors (Lipinski definition) is 2. The lowest BCUT2D eigenvalue weighted by Gasteiger charge is -2.18. The number of nitrogens with zero attached hydrogens (tertiary/aromatic N) is 3. The molecule has 3 N–H and O–H groups in total. The maximum atomic E-state index is 11.1. The zero-order valence-corrected chi connectivity index (χ0v) is 16.7. The molecule has 0 saturated carbocycles. The third-order valence-corrected chi connectivity index (χ3v) is 4.25. The van der Waals surface area contributed by atoms with Crippen LogP contribution in [-0.2, 0) is 0 Å². The Hall–Kier alpha value is -2.84. The maximum Gasteiger partial charge on any atom is 0.410 e. The zero-order chi connectivity index (χ0) is 19.2. The van der Waals surface area contributed by atoms with Crippen molar-refractivity contribution in [2.45, 2.75) is 13.8 Å². The fourth-order valence-corrected chi connectivity index (χ4v) is 2.82. The van der Waals surface area contributed by atoms with E-state index in [1.165, 1.54) is 0 Å². The van der Waals surface area contributed by atoms with Crippen molar-refractivity contribution in [2.75, 3.05) is 26.2 Å². The molecular weight excluding hydrogens is 382 g/mol. The first-order valence-electron chi connectivity index (χ1n) is 8.89. The second-order valence-corrected chi connectivity index (χ2v) is 5.89. The molecule has 1 amide bonds. The predicted octanol–water partition coefficient (Wildman–Crippen LogP) is 3.22. The second kappa shape index (κ2) is 9.91. The fourth-order valence-electron chi connectivity index (χ4n) is 2.82. The van der Waals surface area contributed by atoms with Gasteiger partial charge in [0.1, 0.15) is 17.9 Å². The van der Waals surface area contributed by atoms with Crippen LogP contribution in [0.5, 0.6) is 11.6 Å². The summed E-state index contributed by atoms with van der Waals surface area (Å²) in [6, 6.07) is 8.94. The number of ether oxygens (including phenoxy) is 2. The predicted molar refractivity (Wildman–Crippen MR) is 110 cm³/mol. The number of halogens is 1. The summed E-state index contributed by atoms with van der Waals surface area (Å²) < 4.78 is 10.9. The standard InChI is InChI=1S/C19H23N5O3.ClH/c1-3-24(4-2)11-12-26-18-13(7-6-10-21-18)17-22-14-8-5-9-15(16(14)23-17)27-19(20)25;/h5-10H,3-4,11-12H2,1-2H3,(H2,20,25)(H,22,23);1H. The first-order valence-corrected chi connectivity index (χ1v) is 8.89. The number of carbonyl (C=O) groups excluding carboxylic acids is 1. The minimum absolute atomic E-state index is 0. The number of aromatic nitrogens is 3. The summed E-state index contributed by atoms with van der Waals surface area (Å²) in [5.41, 5.74) is 7.10. The summed E-state index contributed by atoms with van der Waals surface area (Å²) >= 11 is 0. The average molecular weight is 406 g/mol. The first kappa shape index (κ1) is 21.5. The number of amides is 1. The second-order valence-electron chi connectivity index (χ2n) is 5.89. The number of likely N-dealkylation sites (N-methyl/N-ethyl adjacent to an activating group) is 1. The van der Waals surface area contributed by atoms with Crippen LogP contribution in [0.3, 0.4) is 0 Å². The van der Waals surface area contributed by atoms with Gasteiger partial charge in [-0.2, -0.15) is 0 Å². The van der Waals surface area contributed by atoms with Crippen LogP contribution in [0.25, 0.3) is 22.4 Å². The number of primary amides is 1. The summed E-state index contributed by atoms with van der Waals surface area (Å²) in [5, 5.41) is 0. The SMILES string of the molecule is CCN(CC)CCOc1ncccc1-c1nc2c(OC(N)=O)cccc2[nH]1.Cl. The van der Waals surface area contributed by atoms with Gasteiger partial charge >= 0.3 is 6.09 Å². The van der Waals surface area contributed by atoms with Gasteiger partial charge < -0.3 is 25.1 Å². The summed E-state index contributed by atoms with van der Waals surface area (Å²) in [6.45, 7) is 7.54. The van der Waals surface area contributed by atoms with E-state index in [2.05, 4.69) is 33.7 Å². The molecule has 0 bridgehead atoms. The first-order chi connectivity index (χ1) is 13.1. The molecule has 2 heterocycles. The van der Waals surface area contributed by atoms with E-state index in [1.54, 1.807) is 18.3 Å². The molecule has 0 aliphatic rings. The normalized spacial score (nSPS) is 10.7. The lowest BCUT2D eigenvalue weighted by Crippen LogP contribution is -2.28. The third kappa shape index (κ3) is 4.90. The Morgan fingerprint density at radius 1 is 1.21 bits per heavy atom. The molecule has 9 heteroatoms. The molecule has 0 atom stereocenters. The van der Waals surface area contributed by atoms with E-state index in [1.807, 2.05) is 18.2 Å². The summed E-state index contributed by atoms with van der Waals surface area (Å²) in [6.07, 6.45) is 0.800. The van der Waals surface area contributed by atoms with E-state index >= 15 is 0 Å². The molecule has 0 fully saturated rings. The zero-order valence-electron chi connectivity index (χ0n) is 15.8. The molecule has 28 heavy (non-hydrogen) atoms. The minimum atomic E-state index is -0.881. The molecule has 0 aliphatic heterocycles. The van der Waals surface area contributed by atoms with Gasteiger partial charge in [-0.05, 0) is 37.4 Å². The van der Waals surface area contributed by atoms with Crippen molar-refractivity contribution in [1.82, 2.24) is 19.9 Å². The van der Waals surface area contributed by atoms with Gasteiger partial charge in [0, 0.05) is 12.7 Å². The number of hydrogen-bond acceptors (Lipinski definition) is 6. The van der Waals surface area contributed by atoms with E-state index in [-0.39, 0.29) is 12.4 Å². The number of carbonyl (C=O) groups is 1. The van der Waals surface area contributed by atoms with Crippen molar-refractivity contribution >= 4 is 29.5 Å². The molecule has 3 aromatic rings. The highest BCUT2D eigenvalue weighted by Gasteiger charge is 2.15. The number of fused-ring (bicyclic) bond motifs is 1. The van der Waals surface area contributed by atoms with Gasteiger partial charge in [-0.25, -0.2) is 14.8 Å². The van der Waals surface area contributed by atoms with Gasteiger partial charge in [0.25, 0.3) is 0 Å². The molecule has 0 spiro atoms. The van der Waals surface area contributed by atoms with Crippen LogP contribution in [0.1, 0.15) is 13.8 Å². The fraction of sp³-hybridized carbons (Fsp3) is 0.316. The number of benzene rings is 1. The number of rotatable bonds is 8. The molecule has 0 unspecified atom stereocenters. The van der Waals surface area contributed by atoms with Crippen molar-refractivity contribution in [1.29, 1.82) is 0 Å². The van der Waals surface area contributed by atoms with Crippen molar-refractivity contribution in [3.63, 3.8) is 0 Å².